The van der Waals surface area contributed by atoms with Crippen LogP contribution in [0.15, 0.2) is 40.8 Å². The first-order valence-electron chi connectivity index (χ1n) is 9.39. The Morgan fingerprint density at radius 2 is 1.96 bits per heavy atom. The van der Waals surface area contributed by atoms with Crippen molar-refractivity contribution in [2.75, 3.05) is 32.8 Å². The van der Waals surface area contributed by atoms with E-state index < -0.39 is 6.10 Å². The topological polar surface area (TPSA) is 87.7 Å². The fourth-order valence-electron chi connectivity index (χ4n) is 3.14. The lowest BCUT2D eigenvalue weighted by atomic mass is 10.1. The van der Waals surface area contributed by atoms with Crippen LogP contribution in [0.25, 0.3) is 0 Å². The van der Waals surface area contributed by atoms with Gasteiger partial charge in [0.25, 0.3) is 5.91 Å². The number of rotatable bonds is 7. The number of amides is 1. The average Bonchev–Trinajstić information content (AvgIpc) is 3.15. The first kappa shape index (κ1) is 19.9. The first-order valence-corrected chi connectivity index (χ1v) is 9.39. The fourth-order valence-corrected chi connectivity index (χ4v) is 3.14. The molecule has 1 aliphatic heterocycles. The lowest BCUT2D eigenvalue weighted by Crippen LogP contribution is -2.45. The molecule has 0 aliphatic carbocycles. The number of hydrogen-bond donors (Lipinski definition) is 1. The summed E-state index contributed by atoms with van der Waals surface area (Å²) in [5, 5.41) is 11.8. The molecule has 1 saturated heterocycles. The van der Waals surface area contributed by atoms with E-state index in [9.17, 15) is 4.79 Å². The molecule has 1 amide bonds. The van der Waals surface area contributed by atoms with E-state index >= 15 is 0 Å². The van der Waals surface area contributed by atoms with Gasteiger partial charge in [0.15, 0.2) is 6.10 Å². The molecule has 7 heteroatoms. The molecule has 0 bridgehead atoms. The summed E-state index contributed by atoms with van der Waals surface area (Å²) in [5.74, 6) is 2.02. The number of aryl methyl sites for hydroxylation is 1. The van der Waals surface area contributed by atoms with Crippen LogP contribution in [0.1, 0.15) is 30.0 Å². The van der Waals surface area contributed by atoms with Gasteiger partial charge in [0.1, 0.15) is 17.3 Å². The van der Waals surface area contributed by atoms with Gasteiger partial charge in [0.2, 0.25) is 0 Å². The van der Waals surface area contributed by atoms with Crippen molar-refractivity contribution in [1.82, 2.24) is 10.2 Å². The molecular weight excluding hydrogens is 358 g/mol. The molecule has 1 fully saturated rings. The largest absolute Gasteiger partial charge is 0.481 e. The van der Waals surface area contributed by atoms with Crippen LogP contribution in [0.4, 0.5) is 0 Å². The van der Waals surface area contributed by atoms with E-state index in [1.54, 1.807) is 31.2 Å². The summed E-state index contributed by atoms with van der Waals surface area (Å²) >= 11 is 0. The van der Waals surface area contributed by atoms with E-state index in [1.807, 2.05) is 19.1 Å². The number of benzene rings is 1. The van der Waals surface area contributed by atoms with Gasteiger partial charge in [-0.15, -0.1) is 0 Å². The number of hydrogen-bond acceptors (Lipinski definition) is 6. The second-order valence-corrected chi connectivity index (χ2v) is 6.75. The highest BCUT2D eigenvalue weighted by Gasteiger charge is 2.26. The maximum atomic E-state index is 12.5. The second-order valence-electron chi connectivity index (χ2n) is 6.75. The number of nitrogens with zero attached hydrogens (tertiary/aromatic N) is 2. The summed E-state index contributed by atoms with van der Waals surface area (Å²) in [7, 11) is 0. The predicted octanol–water partition coefficient (Wildman–Crippen LogP) is 2.42. The van der Waals surface area contributed by atoms with Crippen LogP contribution in [0, 0.1) is 18.3 Å². The molecule has 148 valence electrons. The number of morpholine rings is 1. The van der Waals surface area contributed by atoms with Crippen LogP contribution >= 0.6 is 0 Å². The summed E-state index contributed by atoms with van der Waals surface area (Å²) in [4.78, 5) is 14.8. The molecule has 1 aliphatic rings. The highest BCUT2D eigenvalue weighted by molar-refractivity contribution is 5.80. The standard InChI is InChI=1S/C21H25N3O4/c1-15-3-8-20(27-15)19(24-9-11-26-12-10-24)14-23-21(25)16(2)28-18-6-4-17(13-22)5-7-18/h3-8,16,19H,9-12,14H2,1-2H3,(H,23,25). The molecular formula is C21H25N3O4. The molecule has 7 nitrogen and oxygen atoms in total. The van der Waals surface area contributed by atoms with E-state index in [2.05, 4.69) is 16.3 Å². The molecule has 2 heterocycles. The molecule has 0 saturated carbocycles. The van der Waals surface area contributed by atoms with E-state index in [0.717, 1.165) is 24.6 Å². The van der Waals surface area contributed by atoms with Gasteiger partial charge in [0, 0.05) is 19.6 Å². The number of carbonyl (C=O) groups is 1. The van der Waals surface area contributed by atoms with Crippen LogP contribution in [0.3, 0.4) is 0 Å². The third-order valence-electron chi connectivity index (χ3n) is 4.71. The molecule has 1 aromatic heterocycles. The summed E-state index contributed by atoms with van der Waals surface area (Å²) in [6, 6.07) is 12.6. The summed E-state index contributed by atoms with van der Waals surface area (Å²) in [6.07, 6.45) is -0.656. The van der Waals surface area contributed by atoms with Crippen molar-refractivity contribution in [1.29, 1.82) is 5.26 Å². The Balaban J connectivity index is 1.59. The van der Waals surface area contributed by atoms with Crippen molar-refractivity contribution in [3.05, 3.63) is 53.5 Å². The molecule has 1 N–H and O–H groups in total. The highest BCUT2D eigenvalue weighted by Crippen LogP contribution is 2.23. The van der Waals surface area contributed by atoms with E-state index in [-0.39, 0.29) is 11.9 Å². The number of ether oxygens (including phenoxy) is 2. The Bertz CT molecular complexity index is 819. The Morgan fingerprint density at radius 3 is 2.57 bits per heavy atom. The quantitative estimate of drug-likeness (QED) is 0.790. The molecule has 2 unspecified atom stereocenters. The minimum Gasteiger partial charge on any atom is -0.481 e. The van der Waals surface area contributed by atoms with Gasteiger partial charge in [-0.05, 0) is 50.2 Å². The van der Waals surface area contributed by atoms with Crippen molar-refractivity contribution in [3.8, 4) is 11.8 Å². The number of carbonyl (C=O) groups excluding carboxylic acids is 1. The summed E-state index contributed by atoms with van der Waals surface area (Å²) in [5.41, 5.74) is 0.548. The number of nitrogens with one attached hydrogen (secondary N) is 1. The zero-order chi connectivity index (χ0) is 19.9. The normalized spacial score (nSPS) is 16.8. The number of nitriles is 1. The summed E-state index contributed by atoms with van der Waals surface area (Å²) in [6.45, 7) is 6.95. The van der Waals surface area contributed by atoms with Crippen molar-refractivity contribution >= 4 is 5.91 Å². The highest BCUT2D eigenvalue weighted by atomic mass is 16.5. The van der Waals surface area contributed by atoms with Crippen molar-refractivity contribution in [2.45, 2.75) is 26.0 Å². The molecule has 2 aromatic rings. The Morgan fingerprint density at radius 1 is 1.25 bits per heavy atom. The van der Waals surface area contributed by atoms with Gasteiger partial charge in [-0.1, -0.05) is 0 Å². The van der Waals surface area contributed by atoms with E-state index in [0.29, 0.717) is 31.1 Å². The lowest BCUT2D eigenvalue weighted by molar-refractivity contribution is -0.127. The smallest absolute Gasteiger partial charge is 0.260 e. The van der Waals surface area contributed by atoms with Gasteiger partial charge in [-0.3, -0.25) is 9.69 Å². The average molecular weight is 383 g/mol. The Kier molecular flexibility index (Phi) is 6.69. The molecule has 3 rings (SSSR count). The van der Waals surface area contributed by atoms with Crippen molar-refractivity contribution in [3.63, 3.8) is 0 Å². The maximum absolute atomic E-state index is 12.5. The zero-order valence-electron chi connectivity index (χ0n) is 16.2. The van der Waals surface area contributed by atoms with Crippen LogP contribution in [-0.4, -0.2) is 49.8 Å². The van der Waals surface area contributed by atoms with Crippen LogP contribution < -0.4 is 10.1 Å². The van der Waals surface area contributed by atoms with E-state index in [4.69, 9.17) is 19.2 Å². The van der Waals surface area contributed by atoms with Crippen LogP contribution in [0.2, 0.25) is 0 Å². The van der Waals surface area contributed by atoms with Gasteiger partial charge < -0.3 is 19.2 Å². The third-order valence-corrected chi connectivity index (χ3v) is 4.71. The Hall–Kier alpha value is -2.82. The first-order chi connectivity index (χ1) is 13.6. The second kappa shape index (κ2) is 9.40. The van der Waals surface area contributed by atoms with Crippen molar-refractivity contribution < 1.29 is 18.7 Å². The molecule has 1 aromatic carbocycles. The van der Waals surface area contributed by atoms with Gasteiger partial charge in [0.05, 0.1) is 30.9 Å². The van der Waals surface area contributed by atoms with Gasteiger partial charge >= 0.3 is 0 Å². The minimum absolute atomic E-state index is 0.0522. The molecule has 2 atom stereocenters. The molecule has 0 radical (unpaired) electrons. The Labute approximate surface area is 164 Å². The monoisotopic (exact) mass is 383 g/mol. The lowest BCUT2D eigenvalue weighted by Gasteiger charge is -2.33. The summed E-state index contributed by atoms with van der Waals surface area (Å²) < 4.78 is 16.9. The van der Waals surface area contributed by atoms with Gasteiger partial charge in [-0.2, -0.15) is 5.26 Å². The number of furan rings is 1. The SMILES string of the molecule is Cc1ccc(C(CNC(=O)C(C)Oc2ccc(C#N)cc2)N2CCOCC2)o1. The minimum atomic E-state index is -0.656. The zero-order valence-corrected chi connectivity index (χ0v) is 16.2. The predicted molar refractivity (Wildman–Crippen MR) is 103 cm³/mol. The van der Waals surface area contributed by atoms with E-state index in [1.165, 1.54) is 0 Å². The third kappa shape index (κ3) is 5.12. The maximum Gasteiger partial charge on any atom is 0.260 e. The van der Waals surface area contributed by atoms with Crippen LogP contribution in [-0.2, 0) is 9.53 Å². The van der Waals surface area contributed by atoms with Gasteiger partial charge in [-0.25, -0.2) is 0 Å². The fraction of sp³-hybridized carbons (Fsp3) is 0.429. The molecule has 0 spiro atoms. The van der Waals surface area contributed by atoms with Crippen molar-refractivity contribution in [2.24, 2.45) is 0 Å². The van der Waals surface area contributed by atoms with Crippen LogP contribution in [0.5, 0.6) is 5.75 Å². The molecule has 28 heavy (non-hydrogen) atoms.